The van der Waals surface area contributed by atoms with Crippen molar-refractivity contribution in [2.24, 2.45) is 0 Å². The molecule has 0 unspecified atom stereocenters. The lowest BCUT2D eigenvalue weighted by Gasteiger charge is -2.19. The second-order valence-electron chi connectivity index (χ2n) is 6.62. The maximum atomic E-state index is 15.1. The fourth-order valence-electron chi connectivity index (χ4n) is 2.96. The fourth-order valence-corrected chi connectivity index (χ4v) is 4.12. The highest BCUT2D eigenvalue weighted by atomic mass is 32.2. The first kappa shape index (κ1) is 21.1. The van der Waals surface area contributed by atoms with Crippen LogP contribution in [0.5, 0.6) is 11.5 Å². The second-order valence-corrected chi connectivity index (χ2v) is 8.22. The summed E-state index contributed by atoms with van der Waals surface area (Å²) in [5.41, 5.74) is -0.577. The average molecular weight is 427 g/mol. The number of fused-ring (bicyclic) bond motifs is 1. The van der Waals surface area contributed by atoms with Crippen LogP contribution in [0.25, 0.3) is 10.8 Å². The van der Waals surface area contributed by atoms with E-state index in [1.807, 2.05) is 11.9 Å². The number of benzene rings is 2. The second kappa shape index (κ2) is 8.39. The van der Waals surface area contributed by atoms with Gasteiger partial charge in [-0.2, -0.15) is 8.42 Å². The summed E-state index contributed by atoms with van der Waals surface area (Å²) in [5.74, 6) is -1.95. The molecule has 2 aromatic carbocycles. The predicted molar refractivity (Wildman–Crippen MR) is 105 cm³/mol. The van der Waals surface area contributed by atoms with E-state index in [4.69, 9.17) is 9.47 Å². The number of hydrogen-bond donors (Lipinski definition) is 2. The Bertz CT molecular complexity index is 1030. The number of ether oxygens (including phenoxy) is 2. The van der Waals surface area contributed by atoms with Crippen molar-refractivity contribution in [3.63, 3.8) is 0 Å². The largest absolute Gasteiger partial charge is 0.506 e. The third-order valence-corrected chi connectivity index (χ3v) is 5.87. The van der Waals surface area contributed by atoms with Gasteiger partial charge in [0.05, 0.1) is 6.61 Å². The Labute approximate surface area is 167 Å². The zero-order valence-corrected chi connectivity index (χ0v) is 16.8. The first-order valence-corrected chi connectivity index (χ1v) is 10.3. The van der Waals surface area contributed by atoms with Crippen LogP contribution < -0.4 is 13.8 Å². The van der Waals surface area contributed by atoms with E-state index < -0.39 is 39.9 Å². The summed E-state index contributed by atoms with van der Waals surface area (Å²) < 4.78 is 52.1. The summed E-state index contributed by atoms with van der Waals surface area (Å²) in [4.78, 5) is 13.5. The number of halogens is 1. The number of hydrogen-bond acceptors (Lipinski definition) is 7. The van der Waals surface area contributed by atoms with Gasteiger partial charge in [-0.25, -0.2) is 13.4 Å². The minimum absolute atomic E-state index is 0.0672. The van der Waals surface area contributed by atoms with Crippen molar-refractivity contribution < 1.29 is 32.2 Å². The molecule has 0 aliphatic carbocycles. The zero-order valence-electron chi connectivity index (χ0n) is 16.0. The Balaban J connectivity index is 1.86. The Morgan fingerprint density at radius 2 is 2.00 bits per heavy atom. The van der Waals surface area contributed by atoms with Crippen LogP contribution in [0.3, 0.4) is 0 Å². The molecule has 1 amide bonds. The van der Waals surface area contributed by atoms with Crippen molar-refractivity contribution in [2.75, 3.05) is 51.3 Å². The number of likely N-dealkylation sites (N-methyl/N-ethyl adjacent to an activating group) is 1. The van der Waals surface area contributed by atoms with Crippen LogP contribution in [-0.2, 0) is 19.7 Å². The lowest BCUT2D eigenvalue weighted by atomic mass is 10.1. The molecule has 0 saturated carbocycles. The normalized spacial score (nSPS) is 15.9. The van der Waals surface area contributed by atoms with E-state index in [1.165, 1.54) is 12.1 Å². The van der Waals surface area contributed by atoms with Crippen molar-refractivity contribution in [3.05, 3.63) is 30.1 Å². The number of rotatable bonds is 8. The van der Waals surface area contributed by atoms with E-state index in [0.29, 0.717) is 35.2 Å². The van der Waals surface area contributed by atoms with Gasteiger partial charge in [0.25, 0.3) is 5.91 Å². The highest BCUT2D eigenvalue weighted by molar-refractivity contribution is 7.92. The Kier molecular flexibility index (Phi) is 6.10. The van der Waals surface area contributed by atoms with Gasteiger partial charge in [-0.3, -0.25) is 4.79 Å². The molecule has 2 N–H and O–H groups in total. The molecular weight excluding hydrogens is 405 g/mol. The summed E-state index contributed by atoms with van der Waals surface area (Å²) >= 11 is 0. The first-order valence-electron chi connectivity index (χ1n) is 8.81. The Morgan fingerprint density at radius 3 is 2.66 bits per heavy atom. The molecule has 0 aromatic heterocycles. The van der Waals surface area contributed by atoms with Gasteiger partial charge < -0.3 is 19.5 Å². The maximum Gasteiger partial charge on any atom is 0.326 e. The molecule has 158 valence electrons. The number of aromatic hydroxyl groups is 1. The van der Waals surface area contributed by atoms with Crippen molar-refractivity contribution in [1.29, 1.82) is 0 Å². The van der Waals surface area contributed by atoms with Crippen LogP contribution >= 0.6 is 0 Å². The van der Waals surface area contributed by atoms with Crippen LogP contribution in [0.2, 0.25) is 0 Å². The highest BCUT2D eigenvalue weighted by Gasteiger charge is 2.37. The molecule has 1 aliphatic heterocycles. The third kappa shape index (κ3) is 4.52. The van der Waals surface area contributed by atoms with Gasteiger partial charge in [-0.05, 0) is 30.6 Å². The SMILES string of the molecule is COCCN(C)CCOc1ccc2cc(O)c(N3CC(=O)NS3(=O)=O)c(F)c2c1. The monoisotopic (exact) mass is 427 g/mol. The van der Waals surface area contributed by atoms with Crippen LogP contribution in [0.4, 0.5) is 10.1 Å². The summed E-state index contributed by atoms with van der Waals surface area (Å²) in [5, 5.41) is 10.6. The lowest BCUT2D eigenvalue weighted by molar-refractivity contribution is -0.117. The van der Waals surface area contributed by atoms with E-state index >= 15 is 4.39 Å². The number of carbonyl (C=O) groups is 1. The molecule has 3 rings (SSSR count). The maximum absolute atomic E-state index is 15.1. The number of phenolic OH excluding ortho intramolecular Hbond substituents is 1. The van der Waals surface area contributed by atoms with Crippen LogP contribution in [0.1, 0.15) is 0 Å². The van der Waals surface area contributed by atoms with Gasteiger partial charge in [0.1, 0.15) is 30.3 Å². The molecule has 9 nitrogen and oxygen atoms in total. The Morgan fingerprint density at radius 1 is 1.28 bits per heavy atom. The first-order chi connectivity index (χ1) is 13.7. The topological polar surface area (TPSA) is 108 Å². The molecule has 1 heterocycles. The van der Waals surface area contributed by atoms with E-state index in [9.17, 15) is 18.3 Å². The molecule has 0 atom stereocenters. The number of carbonyl (C=O) groups excluding carboxylic acids is 1. The number of nitrogens with one attached hydrogen (secondary N) is 1. The molecule has 1 fully saturated rings. The summed E-state index contributed by atoms with van der Waals surface area (Å²) in [6, 6.07) is 5.87. The number of nitrogens with zero attached hydrogens (tertiary/aromatic N) is 2. The zero-order chi connectivity index (χ0) is 21.2. The molecule has 29 heavy (non-hydrogen) atoms. The number of methoxy groups -OCH3 is 1. The van der Waals surface area contributed by atoms with E-state index in [2.05, 4.69) is 0 Å². The highest BCUT2D eigenvalue weighted by Crippen LogP contribution is 2.39. The van der Waals surface area contributed by atoms with Crippen molar-refractivity contribution >= 4 is 32.6 Å². The molecular formula is C18H22FN3O6S. The van der Waals surface area contributed by atoms with Gasteiger partial charge in [-0.1, -0.05) is 6.07 Å². The van der Waals surface area contributed by atoms with E-state index in [-0.39, 0.29) is 5.39 Å². The molecule has 0 spiro atoms. The summed E-state index contributed by atoms with van der Waals surface area (Å²) in [7, 11) is -0.713. The fraction of sp³-hybridized carbons (Fsp3) is 0.389. The van der Waals surface area contributed by atoms with Crippen molar-refractivity contribution in [3.8, 4) is 11.5 Å². The number of amides is 1. The minimum Gasteiger partial charge on any atom is -0.506 e. The third-order valence-electron chi connectivity index (χ3n) is 4.49. The molecule has 11 heteroatoms. The van der Waals surface area contributed by atoms with Gasteiger partial charge >= 0.3 is 10.2 Å². The molecule has 1 saturated heterocycles. The standard InChI is InChI=1S/C18H22FN3O6S/c1-21(5-7-27-2)6-8-28-13-4-3-12-9-15(23)18(17(19)14(12)10-13)22-11-16(24)20-29(22,25)26/h3-4,9-10,23H,5-8,11H2,1-2H3,(H,20,24). The molecule has 0 radical (unpaired) electrons. The van der Waals surface area contributed by atoms with Crippen LogP contribution in [0.15, 0.2) is 24.3 Å². The van der Waals surface area contributed by atoms with Gasteiger partial charge in [0, 0.05) is 25.6 Å². The minimum atomic E-state index is -4.26. The summed E-state index contributed by atoms with van der Waals surface area (Å²) in [6.07, 6.45) is 0. The van der Waals surface area contributed by atoms with Gasteiger partial charge in [0.15, 0.2) is 5.82 Å². The van der Waals surface area contributed by atoms with Gasteiger partial charge in [-0.15, -0.1) is 0 Å². The quantitative estimate of drug-likeness (QED) is 0.642. The molecule has 2 aromatic rings. The van der Waals surface area contributed by atoms with Gasteiger partial charge in [0.2, 0.25) is 0 Å². The van der Waals surface area contributed by atoms with E-state index in [0.717, 1.165) is 6.54 Å². The van der Waals surface area contributed by atoms with E-state index in [1.54, 1.807) is 24.0 Å². The van der Waals surface area contributed by atoms with Crippen molar-refractivity contribution in [1.82, 2.24) is 9.62 Å². The number of anilines is 1. The predicted octanol–water partition coefficient (Wildman–Crippen LogP) is 0.823. The smallest absolute Gasteiger partial charge is 0.326 e. The Hall–Kier alpha value is -2.63. The summed E-state index contributed by atoms with van der Waals surface area (Å²) in [6.45, 7) is 1.72. The number of phenols is 1. The average Bonchev–Trinajstić information content (AvgIpc) is 2.92. The van der Waals surface area contributed by atoms with Crippen molar-refractivity contribution in [2.45, 2.75) is 0 Å². The van der Waals surface area contributed by atoms with Crippen LogP contribution in [-0.4, -0.2) is 71.3 Å². The molecule has 1 aliphatic rings. The molecule has 0 bridgehead atoms. The van der Waals surface area contributed by atoms with Crippen LogP contribution in [0, 0.1) is 5.82 Å². The lowest BCUT2D eigenvalue weighted by Crippen LogP contribution is -2.30.